The largest absolute Gasteiger partial charge is 0.358 e. The van der Waals surface area contributed by atoms with Gasteiger partial charge >= 0.3 is 0 Å². The summed E-state index contributed by atoms with van der Waals surface area (Å²) in [7, 11) is 0. The zero-order chi connectivity index (χ0) is 13.1. The van der Waals surface area contributed by atoms with Crippen molar-refractivity contribution >= 4 is 0 Å². The first-order valence-electron chi connectivity index (χ1n) is 5.74. The highest BCUT2D eigenvalue weighted by molar-refractivity contribution is 4.94. The van der Waals surface area contributed by atoms with E-state index >= 15 is 0 Å². The molecule has 0 atom stereocenters. The summed E-state index contributed by atoms with van der Waals surface area (Å²) in [4.78, 5) is 12.8. The third-order valence-corrected chi connectivity index (χ3v) is 2.35. The van der Waals surface area contributed by atoms with Gasteiger partial charge in [-0.1, -0.05) is 32.8 Å². The van der Waals surface area contributed by atoms with Crippen LogP contribution in [-0.4, -0.2) is 33.3 Å². The van der Waals surface area contributed by atoms with E-state index in [0.29, 0.717) is 0 Å². The molecule has 17 heavy (non-hydrogen) atoms. The summed E-state index contributed by atoms with van der Waals surface area (Å²) in [5.74, 6) is 0. The van der Waals surface area contributed by atoms with Gasteiger partial charge in [-0.05, 0) is 12.6 Å². The molecule has 0 aromatic heterocycles. The van der Waals surface area contributed by atoms with Crippen LogP contribution < -0.4 is 0 Å². The Bertz CT molecular complexity index is 252. The van der Waals surface area contributed by atoms with Crippen molar-refractivity contribution in [1.29, 1.82) is 0 Å². The van der Waals surface area contributed by atoms with Crippen molar-refractivity contribution in [3.63, 3.8) is 0 Å². The first-order valence-corrected chi connectivity index (χ1v) is 5.74. The minimum absolute atomic E-state index is 0.982. The van der Waals surface area contributed by atoms with Gasteiger partial charge in [0.2, 0.25) is 0 Å². The van der Waals surface area contributed by atoms with Crippen molar-refractivity contribution in [2.45, 2.75) is 32.6 Å². The summed E-state index contributed by atoms with van der Waals surface area (Å²) in [6.45, 7) is 8.14. The van der Waals surface area contributed by atoms with Gasteiger partial charge in [0.15, 0.2) is 0 Å². The zero-order valence-electron chi connectivity index (χ0n) is 10.3. The lowest BCUT2D eigenvalue weighted by molar-refractivity contribution is -0.742. The van der Waals surface area contributed by atoms with E-state index in [1.807, 2.05) is 6.20 Å². The molecule has 0 aromatic carbocycles. The monoisotopic (exact) mass is 243 g/mol. The first kappa shape index (κ1) is 15.3. The van der Waals surface area contributed by atoms with Crippen LogP contribution in [0.15, 0.2) is 25.2 Å². The van der Waals surface area contributed by atoms with Crippen LogP contribution in [0.2, 0.25) is 0 Å². The van der Waals surface area contributed by atoms with Gasteiger partial charge in [0.25, 0.3) is 5.09 Å². The van der Waals surface area contributed by atoms with Gasteiger partial charge in [0.1, 0.15) is 0 Å². The second kappa shape index (κ2) is 9.50. The zero-order valence-corrected chi connectivity index (χ0v) is 10.3. The van der Waals surface area contributed by atoms with Crippen LogP contribution in [0, 0.1) is 10.1 Å². The van der Waals surface area contributed by atoms with Gasteiger partial charge in [-0.3, -0.25) is 0 Å². The Hall–Kier alpha value is -1.72. The highest BCUT2D eigenvalue weighted by atomic mass is 16.9. The summed E-state index contributed by atoms with van der Waals surface area (Å²) in [6, 6.07) is 0. The summed E-state index contributed by atoms with van der Waals surface area (Å²) in [5, 5.41) is 13.6. The van der Waals surface area contributed by atoms with E-state index in [9.17, 15) is 0 Å². The quantitative estimate of drug-likeness (QED) is 0.440. The molecule has 0 saturated carbocycles. The number of unbranched alkanes of at least 4 members (excludes halogenated alkanes) is 3. The molecule has 0 saturated heterocycles. The molecule has 0 bridgehead atoms. The van der Waals surface area contributed by atoms with Crippen LogP contribution in [0.4, 0.5) is 0 Å². The van der Waals surface area contributed by atoms with Crippen molar-refractivity contribution in [3.05, 3.63) is 35.3 Å². The highest BCUT2D eigenvalue weighted by Crippen LogP contribution is 2.08. The molecule has 0 spiro atoms. The van der Waals surface area contributed by atoms with Crippen LogP contribution in [0.5, 0.6) is 0 Å². The van der Waals surface area contributed by atoms with Gasteiger partial charge in [-0.2, -0.15) is 0 Å². The lowest BCUT2D eigenvalue weighted by atomic mass is 10.2. The normalized spacial score (nSPS) is 13.2. The Morgan fingerprint density at radius 3 is 2.59 bits per heavy atom. The predicted octanol–water partition coefficient (Wildman–Crippen LogP) is 2.41. The van der Waals surface area contributed by atoms with Crippen LogP contribution in [-0.2, 0) is 0 Å². The van der Waals surface area contributed by atoms with Gasteiger partial charge in [0, 0.05) is 18.9 Å². The maximum absolute atomic E-state index is 8.36. The first-order chi connectivity index (χ1) is 8.10. The van der Waals surface area contributed by atoms with Crippen molar-refractivity contribution in [2.75, 3.05) is 13.2 Å². The van der Waals surface area contributed by atoms with Gasteiger partial charge in [0.05, 0.1) is 6.67 Å². The van der Waals surface area contributed by atoms with Crippen molar-refractivity contribution < 1.29 is 10.3 Å². The van der Waals surface area contributed by atoms with Gasteiger partial charge in [-0.15, -0.1) is 10.1 Å². The Kier molecular flexibility index (Phi) is 8.54. The van der Waals surface area contributed by atoms with E-state index in [2.05, 4.69) is 35.7 Å². The molecule has 0 radical (unpaired) electrons. The summed E-state index contributed by atoms with van der Waals surface area (Å²) >= 11 is 0. The van der Waals surface area contributed by atoms with Crippen molar-refractivity contribution in [2.24, 2.45) is 0 Å². The lowest BCUT2D eigenvalue weighted by Crippen LogP contribution is -2.22. The average molecular weight is 243 g/mol. The van der Waals surface area contributed by atoms with E-state index in [0.717, 1.165) is 6.67 Å². The minimum Gasteiger partial charge on any atom is -0.358 e. The fourth-order valence-corrected chi connectivity index (χ4v) is 1.49. The topological polar surface area (TPSA) is 69.9 Å². The van der Waals surface area contributed by atoms with Crippen LogP contribution >= 0.6 is 0 Å². The summed E-state index contributed by atoms with van der Waals surface area (Å²) in [5.41, 5.74) is 0. The minimum atomic E-state index is -1.50. The molecule has 1 N–H and O–H groups in total. The van der Waals surface area contributed by atoms with Gasteiger partial charge < -0.3 is 15.0 Å². The van der Waals surface area contributed by atoms with Crippen molar-refractivity contribution in [1.82, 2.24) is 9.80 Å². The standard InChI is InChI=1S/C11H20N2.HNO3/c1-3-5-6-7-8-13-10-9-12(4-2)11-13;2-1(3)4/h4,9-10H,2-3,5-8,11H2,1H3;(H,2,3,4). The second-order valence-electron chi connectivity index (χ2n) is 3.75. The van der Waals surface area contributed by atoms with Crippen LogP contribution in [0.1, 0.15) is 32.6 Å². The van der Waals surface area contributed by atoms with Crippen LogP contribution in [0.25, 0.3) is 0 Å². The Labute approximate surface area is 102 Å². The SMILES string of the molecule is C=CN1C=CN(CCCCCC)C1.O=[N+]([O-])O. The second-order valence-corrected chi connectivity index (χ2v) is 3.75. The summed E-state index contributed by atoms with van der Waals surface area (Å²) < 4.78 is 0. The van der Waals surface area contributed by atoms with E-state index in [1.165, 1.54) is 32.2 Å². The molecule has 0 amide bonds. The molecule has 0 fully saturated rings. The highest BCUT2D eigenvalue weighted by Gasteiger charge is 2.07. The van der Waals surface area contributed by atoms with E-state index in [1.54, 1.807) is 0 Å². The van der Waals surface area contributed by atoms with E-state index in [-0.39, 0.29) is 0 Å². The third kappa shape index (κ3) is 9.22. The molecule has 0 aliphatic carbocycles. The maximum atomic E-state index is 8.36. The lowest BCUT2D eigenvalue weighted by Gasteiger charge is -2.17. The summed E-state index contributed by atoms with van der Waals surface area (Å²) in [6.07, 6.45) is 11.4. The van der Waals surface area contributed by atoms with Crippen LogP contribution in [0.3, 0.4) is 0 Å². The maximum Gasteiger partial charge on any atom is 0.291 e. The van der Waals surface area contributed by atoms with E-state index < -0.39 is 5.09 Å². The Morgan fingerprint density at radius 2 is 2.12 bits per heavy atom. The third-order valence-electron chi connectivity index (χ3n) is 2.35. The van der Waals surface area contributed by atoms with Crippen molar-refractivity contribution in [3.8, 4) is 0 Å². The predicted molar refractivity (Wildman–Crippen MR) is 65.7 cm³/mol. The molecule has 6 nitrogen and oxygen atoms in total. The van der Waals surface area contributed by atoms with E-state index in [4.69, 9.17) is 15.3 Å². The smallest absolute Gasteiger partial charge is 0.291 e. The fourth-order valence-electron chi connectivity index (χ4n) is 1.49. The Balaban J connectivity index is 0.000000557. The molecule has 98 valence electrons. The number of hydrogen-bond donors (Lipinski definition) is 1. The number of nitrogens with zero attached hydrogens (tertiary/aromatic N) is 3. The number of hydrogen-bond acceptors (Lipinski definition) is 4. The molecular weight excluding hydrogens is 222 g/mol. The molecular formula is C11H21N3O3. The van der Waals surface area contributed by atoms with Gasteiger partial charge in [-0.25, -0.2) is 0 Å². The number of rotatable bonds is 6. The average Bonchev–Trinajstić information content (AvgIpc) is 2.71. The molecule has 0 aromatic rings. The fraction of sp³-hybridized carbons (Fsp3) is 0.636. The molecule has 1 rings (SSSR count). The molecule has 1 aliphatic rings. The molecule has 1 heterocycles. The molecule has 6 heteroatoms. The molecule has 0 unspecified atom stereocenters. The molecule has 1 aliphatic heterocycles. The Morgan fingerprint density at radius 1 is 1.47 bits per heavy atom.